The monoisotopic (exact) mass is 375 g/mol. The molecule has 1 aliphatic heterocycles. The zero-order chi connectivity index (χ0) is 17.9. The van der Waals surface area contributed by atoms with E-state index in [1.165, 1.54) is 0 Å². The number of carbonyl (C=O) groups is 1. The predicted octanol–water partition coefficient (Wildman–Crippen LogP) is 1.57. The summed E-state index contributed by atoms with van der Waals surface area (Å²) in [6.07, 6.45) is -0.342. The molecule has 0 bridgehead atoms. The van der Waals surface area contributed by atoms with Gasteiger partial charge in [0.15, 0.2) is 0 Å². The van der Waals surface area contributed by atoms with Gasteiger partial charge in [-0.1, -0.05) is 11.6 Å². The lowest BCUT2D eigenvalue weighted by Gasteiger charge is -2.36. The van der Waals surface area contributed by atoms with E-state index >= 15 is 0 Å². The maximum Gasteiger partial charge on any atom is 0.410 e. The highest BCUT2D eigenvalue weighted by Gasteiger charge is 2.26. The van der Waals surface area contributed by atoms with Crippen molar-refractivity contribution >= 4 is 34.6 Å². The number of piperazine rings is 1. The molecule has 1 saturated heterocycles. The first-order chi connectivity index (χ1) is 11.1. The largest absolute Gasteiger partial charge is 0.772 e. The van der Waals surface area contributed by atoms with Gasteiger partial charge in [-0.2, -0.15) is 0 Å². The summed E-state index contributed by atoms with van der Waals surface area (Å²) in [5, 5.41) is 0.190. The molecule has 2 rings (SSSR count). The Labute approximate surface area is 148 Å². The summed E-state index contributed by atoms with van der Waals surface area (Å²) in [5.74, 6) is 0.422. The van der Waals surface area contributed by atoms with Crippen molar-refractivity contribution in [1.29, 1.82) is 0 Å². The van der Waals surface area contributed by atoms with Crippen LogP contribution in [-0.4, -0.2) is 61.5 Å². The van der Waals surface area contributed by atoms with Crippen LogP contribution >= 0.6 is 11.6 Å². The van der Waals surface area contributed by atoms with Crippen LogP contribution in [0.4, 0.5) is 10.6 Å². The number of halogens is 1. The molecule has 1 atom stereocenters. The smallest absolute Gasteiger partial charge is 0.410 e. The summed E-state index contributed by atoms with van der Waals surface area (Å²) in [7, 11) is 0. The number of rotatable bonds is 3. The second-order valence-corrected chi connectivity index (χ2v) is 7.65. The predicted molar refractivity (Wildman–Crippen MR) is 89.7 cm³/mol. The first-order valence-electron chi connectivity index (χ1n) is 7.46. The molecule has 0 spiro atoms. The molecule has 0 radical (unpaired) electrons. The Bertz CT molecular complexity index is 630. The molecule has 8 nitrogen and oxygen atoms in total. The van der Waals surface area contributed by atoms with Crippen LogP contribution in [0.5, 0.6) is 0 Å². The van der Waals surface area contributed by atoms with Crippen molar-refractivity contribution in [2.45, 2.75) is 32.1 Å². The lowest BCUT2D eigenvalue weighted by molar-refractivity contribution is 0.0240. The highest BCUT2D eigenvalue weighted by Crippen LogP contribution is 2.19. The molecule has 1 fully saturated rings. The fourth-order valence-electron chi connectivity index (χ4n) is 2.23. The number of ether oxygens (including phenoxy) is 1. The second-order valence-electron chi connectivity index (χ2n) is 6.37. The standard InChI is InChI=1S/C14H21ClN4O4S/c1-14(2,3)23-13(20)19-6-4-18(5-7-19)12-8-10(15)16-11(17-12)9-24(21)22/h8H,4-7,9H2,1-3H3,(H,21,22)/p-1. The van der Waals surface area contributed by atoms with Crippen LogP contribution in [0, 0.1) is 0 Å². The van der Waals surface area contributed by atoms with Gasteiger partial charge in [0.2, 0.25) is 0 Å². The maximum absolute atomic E-state index is 12.1. The van der Waals surface area contributed by atoms with E-state index in [0.717, 1.165) is 0 Å². The number of carbonyl (C=O) groups excluding carboxylic acids is 1. The van der Waals surface area contributed by atoms with E-state index in [1.54, 1.807) is 11.0 Å². The average Bonchev–Trinajstić information content (AvgIpc) is 2.44. The SMILES string of the molecule is CC(C)(C)OC(=O)N1CCN(c2cc(Cl)nc(CS(=O)[O-])n2)CC1. The second kappa shape index (κ2) is 7.62. The van der Waals surface area contributed by atoms with Gasteiger partial charge in [-0.05, 0) is 31.9 Å². The van der Waals surface area contributed by atoms with Crippen molar-refractivity contribution in [1.82, 2.24) is 14.9 Å². The average molecular weight is 376 g/mol. The molecule has 134 valence electrons. The molecule has 0 aromatic carbocycles. The van der Waals surface area contributed by atoms with Gasteiger partial charge in [-0.25, -0.2) is 14.8 Å². The highest BCUT2D eigenvalue weighted by atomic mass is 35.5. The van der Waals surface area contributed by atoms with Crippen molar-refractivity contribution in [2.24, 2.45) is 0 Å². The number of hydrogen-bond donors (Lipinski definition) is 0. The summed E-state index contributed by atoms with van der Waals surface area (Å²) in [4.78, 5) is 23.8. The van der Waals surface area contributed by atoms with Crippen LogP contribution < -0.4 is 4.90 Å². The topological polar surface area (TPSA) is 98.7 Å². The fourth-order valence-corrected chi connectivity index (χ4v) is 2.76. The number of amides is 1. The van der Waals surface area contributed by atoms with Gasteiger partial charge in [0, 0.05) is 32.2 Å². The van der Waals surface area contributed by atoms with Gasteiger partial charge in [-0.15, -0.1) is 0 Å². The van der Waals surface area contributed by atoms with Crippen LogP contribution in [0.3, 0.4) is 0 Å². The van der Waals surface area contributed by atoms with Crippen molar-refractivity contribution in [3.05, 3.63) is 17.0 Å². The Kier molecular flexibility index (Phi) is 6.00. The normalized spacial score (nSPS) is 16.9. The van der Waals surface area contributed by atoms with Crippen molar-refractivity contribution in [3.8, 4) is 0 Å². The third kappa shape index (κ3) is 5.57. The van der Waals surface area contributed by atoms with Crippen LogP contribution in [0.15, 0.2) is 6.07 Å². The molecule has 24 heavy (non-hydrogen) atoms. The molecule has 10 heteroatoms. The van der Waals surface area contributed by atoms with Gasteiger partial charge >= 0.3 is 6.09 Å². The van der Waals surface area contributed by atoms with Crippen molar-refractivity contribution < 1.29 is 18.3 Å². The Morgan fingerprint density at radius 2 is 1.96 bits per heavy atom. The number of anilines is 1. The number of nitrogens with zero attached hydrogens (tertiary/aromatic N) is 4. The maximum atomic E-state index is 12.1. The molecule has 1 aromatic rings. The van der Waals surface area contributed by atoms with Gasteiger partial charge < -0.3 is 19.1 Å². The summed E-state index contributed by atoms with van der Waals surface area (Å²) < 4.78 is 27.0. The Hall–Kier alpha value is -1.45. The van der Waals surface area contributed by atoms with Crippen molar-refractivity contribution in [2.75, 3.05) is 31.1 Å². The Morgan fingerprint density at radius 1 is 1.33 bits per heavy atom. The number of aromatic nitrogens is 2. The van der Waals surface area contributed by atoms with Crippen LogP contribution in [-0.2, 0) is 21.6 Å². The third-order valence-electron chi connectivity index (χ3n) is 3.23. The molecule has 0 N–H and O–H groups in total. The van der Waals surface area contributed by atoms with Crippen LogP contribution in [0.2, 0.25) is 5.15 Å². The molecule has 1 aromatic heterocycles. The third-order valence-corrected chi connectivity index (χ3v) is 3.92. The lowest BCUT2D eigenvalue weighted by Crippen LogP contribution is -2.50. The van der Waals surface area contributed by atoms with E-state index in [0.29, 0.717) is 32.0 Å². The zero-order valence-corrected chi connectivity index (χ0v) is 15.4. The summed E-state index contributed by atoms with van der Waals surface area (Å²) in [5.41, 5.74) is -0.530. The zero-order valence-electron chi connectivity index (χ0n) is 13.8. The first kappa shape index (κ1) is 18.9. The Balaban J connectivity index is 2.00. The quantitative estimate of drug-likeness (QED) is 0.584. The van der Waals surface area contributed by atoms with Gasteiger partial charge in [0.25, 0.3) is 0 Å². The minimum absolute atomic E-state index is 0.153. The van der Waals surface area contributed by atoms with Gasteiger partial charge in [-0.3, -0.25) is 4.21 Å². The van der Waals surface area contributed by atoms with Crippen LogP contribution in [0.25, 0.3) is 0 Å². The summed E-state index contributed by atoms with van der Waals surface area (Å²) in [6, 6.07) is 1.59. The van der Waals surface area contributed by atoms with Crippen molar-refractivity contribution in [3.63, 3.8) is 0 Å². The van der Waals surface area contributed by atoms with E-state index in [4.69, 9.17) is 16.3 Å². The van der Waals surface area contributed by atoms with Gasteiger partial charge in [0.05, 0.1) is 5.75 Å². The van der Waals surface area contributed by atoms with E-state index < -0.39 is 16.7 Å². The molecule has 1 aliphatic rings. The van der Waals surface area contributed by atoms with Crippen LogP contribution in [0.1, 0.15) is 26.6 Å². The molecule has 2 heterocycles. The lowest BCUT2D eigenvalue weighted by atomic mass is 10.2. The van der Waals surface area contributed by atoms with Gasteiger partial charge in [0.1, 0.15) is 22.4 Å². The minimum atomic E-state index is -2.28. The van der Waals surface area contributed by atoms with E-state index in [1.807, 2.05) is 25.7 Å². The highest BCUT2D eigenvalue weighted by molar-refractivity contribution is 7.78. The summed E-state index contributed by atoms with van der Waals surface area (Å²) in [6.45, 7) is 7.54. The molecule has 0 aliphatic carbocycles. The first-order valence-corrected chi connectivity index (χ1v) is 9.08. The molecular weight excluding hydrogens is 356 g/mol. The van der Waals surface area contributed by atoms with E-state index in [2.05, 4.69) is 9.97 Å². The molecule has 0 saturated carbocycles. The molecule has 1 unspecified atom stereocenters. The fraction of sp³-hybridized carbons (Fsp3) is 0.643. The molecule has 1 amide bonds. The molecular formula is C14H20ClN4O4S-. The Morgan fingerprint density at radius 3 is 2.50 bits per heavy atom. The van der Waals surface area contributed by atoms with E-state index in [-0.39, 0.29) is 22.8 Å². The number of hydrogen-bond acceptors (Lipinski definition) is 7. The summed E-state index contributed by atoms with van der Waals surface area (Å²) >= 11 is 3.66. The minimum Gasteiger partial charge on any atom is -0.772 e. The van der Waals surface area contributed by atoms with E-state index in [9.17, 15) is 13.6 Å².